The van der Waals surface area contributed by atoms with Gasteiger partial charge in [0.25, 0.3) is 0 Å². The molecule has 4 rings (SSSR count). The summed E-state index contributed by atoms with van der Waals surface area (Å²) in [6, 6.07) is 13.4. The fourth-order valence-electron chi connectivity index (χ4n) is 3.99. The number of allylic oxidation sites excluding steroid dienone is 1. The highest BCUT2D eigenvalue weighted by Crippen LogP contribution is 2.36. The zero-order valence-corrected chi connectivity index (χ0v) is 17.6. The van der Waals surface area contributed by atoms with Crippen molar-refractivity contribution >= 4 is 33.6 Å². The van der Waals surface area contributed by atoms with Crippen LogP contribution in [0.1, 0.15) is 22.3 Å². The smallest absolute Gasteiger partial charge is 0.163 e. The van der Waals surface area contributed by atoms with Gasteiger partial charge in [-0.3, -0.25) is 0 Å². The molecule has 0 spiro atoms. The van der Waals surface area contributed by atoms with E-state index in [1.807, 2.05) is 0 Å². The second-order valence-corrected chi connectivity index (χ2v) is 8.04. The van der Waals surface area contributed by atoms with E-state index in [0.717, 1.165) is 0 Å². The van der Waals surface area contributed by atoms with Crippen LogP contribution in [0.4, 0.5) is 0 Å². The van der Waals surface area contributed by atoms with E-state index in [9.17, 15) is 0 Å². The summed E-state index contributed by atoms with van der Waals surface area (Å²) in [4.78, 5) is 0. The molecule has 28 heavy (non-hydrogen) atoms. The molecule has 0 saturated carbocycles. The van der Waals surface area contributed by atoms with Crippen LogP contribution in [-0.4, -0.2) is 34.0 Å². The lowest BCUT2D eigenvalue weighted by Gasteiger charge is -2.06. The molecule has 2 aromatic heterocycles. The quantitative estimate of drug-likeness (QED) is 0.353. The molecule has 0 bridgehead atoms. The zero-order chi connectivity index (χ0) is 20.0. The largest absolute Gasteiger partial charge is 0.350 e. The molecule has 2 heterocycles. The number of benzene rings is 2. The summed E-state index contributed by atoms with van der Waals surface area (Å²) in [6.07, 6.45) is 8.90. The second-order valence-electron chi connectivity index (χ2n) is 8.04. The standard InChI is InChI=1S/C25H28N3/c1-17-7-9-24-20(13-17)22(15-27(24)5)19(11-12-26(3)4)23-16-28(6)25-10-8-18(2)14-21(23)25/h7-16H,1-6H3/q+1. The van der Waals surface area contributed by atoms with Crippen LogP contribution >= 0.6 is 0 Å². The number of fused-ring (bicyclic) bond motifs is 2. The average Bonchev–Trinajstić information content (AvgIpc) is 3.12. The molecular formula is C25H28N3+. The fraction of sp³-hybridized carbons (Fsp3) is 0.240. The Labute approximate surface area is 166 Å². The zero-order valence-electron chi connectivity index (χ0n) is 17.6. The van der Waals surface area contributed by atoms with Gasteiger partial charge in [-0.05, 0) is 43.7 Å². The Hall–Kier alpha value is -3.07. The van der Waals surface area contributed by atoms with E-state index in [-0.39, 0.29) is 0 Å². The highest BCUT2D eigenvalue weighted by Gasteiger charge is 2.17. The van der Waals surface area contributed by atoms with Gasteiger partial charge < -0.3 is 9.13 Å². The third-order valence-electron chi connectivity index (χ3n) is 5.41. The van der Waals surface area contributed by atoms with Gasteiger partial charge in [0.15, 0.2) is 6.21 Å². The maximum absolute atomic E-state index is 2.30. The van der Waals surface area contributed by atoms with Crippen LogP contribution in [0.15, 0.2) is 54.9 Å². The summed E-state index contributed by atoms with van der Waals surface area (Å²) in [5.41, 5.74) is 8.87. The second kappa shape index (κ2) is 6.83. The predicted molar refractivity (Wildman–Crippen MR) is 121 cm³/mol. The van der Waals surface area contributed by atoms with Crippen molar-refractivity contribution in [2.24, 2.45) is 14.1 Å². The van der Waals surface area contributed by atoms with E-state index in [2.05, 4.69) is 117 Å². The average molecular weight is 371 g/mol. The number of aromatic nitrogens is 2. The molecule has 0 radical (unpaired) electrons. The van der Waals surface area contributed by atoms with Gasteiger partial charge >= 0.3 is 0 Å². The number of rotatable bonds is 3. The molecule has 0 fully saturated rings. The van der Waals surface area contributed by atoms with Gasteiger partial charge in [0, 0.05) is 65.5 Å². The number of aryl methyl sites for hydroxylation is 4. The molecule has 0 atom stereocenters. The van der Waals surface area contributed by atoms with E-state index in [0.29, 0.717) is 0 Å². The van der Waals surface area contributed by atoms with Gasteiger partial charge in [-0.15, -0.1) is 0 Å². The molecule has 0 aliphatic rings. The van der Waals surface area contributed by atoms with Crippen molar-refractivity contribution < 1.29 is 4.58 Å². The van der Waals surface area contributed by atoms with Crippen LogP contribution in [0.3, 0.4) is 0 Å². The maximum atomic E-state index is 2.30. The van der Waals surface area contributed by atoms with Crippen molar-refractivity contribution in [1.82, 2.24) is 9.13 Å². The van der Waals surface area contributed by atoms with E-state index < -0.39 is 0 Å². The normalized spacial score (nSPS) is 11.2. The van der Waals surface area contributed by atoms with E-state index in [1.165, 1.54) is 49.6 Å². The van der Waals surface area contributed by atoms with Crippen LogP contribution in [-0.2, 0) is 14.1 Å². The van der Waals surface area contributed by atoms with Gasteiger partial charge in [-0.25, -0.2) is 4.58 Å². The molecule has 2 aromatic carbocycles. The monoisotopic (exact) mass is 370 g/mol. The van der Waals surface area contributed by atoms with Crippen LogP contribution in [0.2, 0.25) is 0 Å². The summed E-state index contributed by atoms with van der Waals surface area (Å²) >= 11 is 0. The summed E-state index contributed by atoms with van der Waals surface area (Å²) in [7, 11) is 8.38. The van der Waals surface area contributed by atoms with E-state index >= 15 is 0 Å². The summed E-state index contributed by atoms with van der Waals surface area (Å²) in [5.74, 6) is 0. The van der Waals surface area contributed by atoms with E-state index in [1.54, 1.807) is 0 Å². The molecule has 0 N–H and O–H groups in total. The van der Waals surface area contributed by atoms with Gasteiger partial charge in [0.05, 0.1) is 0 Å². The first-order valence-electron chi connectivity index (χ1n) is 9.69. The molecule has 0 unspecified atom stereocenters. The molecule has 0 saturated heterocycles. The van der Waals surface area contributed by atoms with Crippen molar-refractivity contribution in [3.63, 3.8) is 0 Å². The van der Waals surface area contributed by atoms with Gasteiger partial charge in [0.1, 0.15) is 14.1 Å². The fourth-order valence-corrected chi connectivity index (χ4v) is 3.99. The summed E-state index contributed by atoms with van der Waals surface area (Å²) in [6.45, 7) is 4.32. The highest BCUT2D eigenvalue weighted by molar-refractivity contribution is 6.06. The summed E-state index contributed by atoms with van der Waals surface area (Å²) < 4.78 is 6.54. The number of hydrogen-bond donors (Lipinski definition) is 0. The number of hydrogen-bond acceptors (Lipinski definition) is 0. The molecule has 0 amide bonds. The van der Waals surface area contributed by atoms with Crippen molar-refractivity contribution in [1.29, 1.82) is 0 Å². The van der Waals surface area contributed by atoms with Crippen LogP contribution < -0.4 is 0 Å². The van der Waals surface area contributed by atoms with E-state index in [4.69, 9.17) is 0 Å². The van der Waals surface area contributed by atoms with Crippen LogP contribution in [0.25, 0.3) is 27.4 Å². The number of nitrogens with zero attached hydrogens (tertiary/aromatic N) is 3. The summed E-state index contributed by atoms with van der Waals surface area (Å²) in [5, 5.41) is 2.59. The molecule has 3 heteroatoms. The lowest BCUT2D eigenvalue weighted by molar-refractivity contribution is -0.458. The molecule has 0 aliphatic carbocycles. The molecule has 4 aromatic rings. The van der Waals surface area contributed by atoms with Crippen molar-refractivity contribution in [2.45, 2.75) is 13.8 Å². The predicted octanol–water partition coefficient (Wildman–Crippen LogP) is 5.06. The molecule has 0 aliphatic heterocycles. The molecular weight excluding hydrogens is 342 g/mol. The Bertz CT molecular complexity index is 1170. The van der Waals surface area contributed by atoms with Gasteiger partial charge in [-0.2, -0.15) is 0 Å². The first-order chi connectivity index (χ1) is 13.3. The topological polar surface area (TPSA) is 12.9 Å². The molecule has 3 nitrogen and oxygen atoms in total. The Balaban J connectivity index is 2.07. The van der Waals surface area contributed by atoms with Crippen LogP contribution in [0.5, 0.6) is 0 Å². The third kappa shape index (κ3) is 3.07. The maximum Gasteiger partial charge on any atom is 0.163 e. The van der Waals surface area contributed by atoms with Crippen molar-refractivity contribution in [3.05, 3.63) is 77.1 Å². The van der Waals surface area contributed by atoms with Crippen LogP contribution in [0, 0.1) is 13.8 Å². The SMILES string of the molecule is Cc1ccc2c(c1)c(C(=CC=[N+](C)C)c1cn(C)c3ccc(C)cc13)cn2C. The first kappa shape index (κ1) is 18.3. The Morgan fingerprint density at radius 3 is 1.68 bits per heavy atom. The third-order valence-corrected chi connectivity index (χ3v) is 5.41. The van der Waals surface area contributed by atoms with Gasteiger partial charge in [0.2, 0.25) is 0 Å². The lowest BCUT2D eigenvalue weighted by Crippen LogP contribution is -1.97. The highest BCUT2D eigenvalue weighted by atomic mass is 14.9. The minimum atomic E-state index is 1.25. The van der Waals surface area contributed by atoms with Crippen molar-refractivity contribution in [2.75, 3.05) is 14.1 Å². The lowest BCUT2D eigenvalue weighted by atomic mass is 9.95. The Kier molecular flexibility index (Phi) is 4.46. The van der Waals surface area contributed by atoms with Crippen molar-refractivity contribution in [3.8, 4) is 0 Å². The minimum Gasteiger partial charge on any atom is -0.350 e. The first-order valence-corrected chi connectivity index (χ1v) is 9.69. The van der Waals surface area contributed by atoms with Gasteiger partial charge in [-0.1, -0.05) is 23.3 Å². The molecule has 142 valence electrons. The Morgan fingerprint density at radius 2 is 1.25 bits per heavy atom. The Morgan fingerprint density at radius 1 is 0.786 bits per heavy atom. The minimum absolute atomic E-state index is 1.25.